The Morgan fingerprint density at radius 3 is 1.11 bits per heavy atom. The number of hydrogen-bond acceptors (Lipinski definition) is 11. The minimum atomic E-state index is 0.377. The highest BCUT2D eigenvalue weighted by Gasteiger charge is 2.12. The van der Waals surface area contributed by atoms with Gasteiger partial charge in [-0.2, -0.15) is 0 Å². The van der Waals surface area contributed by atoms with E-state index in [0.717, 1.165) is 25.9 Å². The third-order valence-corrected chi connectivity index (χ3v) is 4.93. The van der Waals surface area contributed by atoms with Gasteiger partial charge in [-0.25, -0.2) is 0 Å². The largest absolute Gasteiger partial charge is 0.499 e. The van der Waals surface area contributed by atoms with E-state index in [9.17, 15) is 0 Å². The monoisotopic (exact) mass is 523 g/mol. The molecule has 1 N–H and O–H groups in total. The molecule has 0 aromatic heterocycles. The lowest BCUT2D eigenvalue weighted by molar-refractivity contribution is -0.0319. The molecule has 0 amide bonds. The molecule has 1 aliphatic heterocycles. The standard InChI is InChI=1S/C25H49NO10/c1-2-27-7-8-28-9-10-29-11-12-30-13-14-31-15-16-32-17-18-33-19-20-34-21-22-35-23-24-36-25-3-5-26-6-4-25/h2,25-26H,1,3-24H2. The predicted molar refractivity (Wildman–Crippen MR) is 135 cm³/mol. The van der Waals surface area contributed by atoms with Crippen molar-refractivity contribution in [3.05, 3.63) is 12.8 Å². The Hall–Kier alpha value is -0.860. The molecule has 0 aliphatic carbocycles. The van der Waals surface area contributed by atoms with Gasteiger partial charge in [0.15, 0.2) is 0 Å². The van der Waals surface area contributed by atoms with Crippen molar-refractivity contribution < 1.29 is 47.4 Å². The fraction of sp³-hybridized carbons (Fsp3) is 0.920. The number of rotatable bonds is 29. The molecular weight excluding hydrogens is 474 g/mol. The molecule has 36 heavy (non-hydrogen) atoms. The van der Waals surface area contributed by atoms with Gasteiger partial charge in [-0.15, -0.1) is 0 Å². The van der Waals surface area contributed by atoms with Crippen molar-refractivity contribution in [1.82, 2.24) is 5.32 Å². The first kappa shape index (κ1) is 33.2. The summed E-state index contributed by atoms with van der Waals surface area (Å²) < 4.78 is 54.2. The lowest BCUT2D eigenvalue weighted by Gasteiger charge is -2.22. The summed E-state index contributed by atoms with van der Waals surface area (Å²) >= 11 is 0. The Bertz CT molecular complexity index is 441. The van der Waals surface area contributed by atoms with E-state index in [-0.39, 0.29) is 0 Å². The zero-order valence-corrected chi connectivity index (χ0v) is 22.0. The van der Waals surface area contributed by atoms with Crippen molar-refractivity contribution in [3.63, 3.8) is 0 Å². The molecule has 1 aliphatic rings. The highest BCUT2D eigenvalue weighted by molar-refractivity contribution is 4.67. The molecule has 0 bridgehead atoms. The minimum Gasteiger partial charge on any atom is -0.499 e. The minimum absolute atomic E-state index is 0.377. The topological polar surface area (TPSA) is 104 Å². The molecule has 1 heterocycles. The smallest absolute Gasteiger partial charge is 0.111 e. The van der Waals surface area contributed by atoms with Gasteiger partial charge in [-0.3, -0.25) is 0 Å². The third kappa shape index (κ3) is 24.8. The Balaban J connectivity index is 1.61. The van der Waals surface area contributed by atoms with Gasteiger partial charge in [0, 0.05) is 0 Å². The molecule has 0 unspecified atom stereocenters. The first-order chi connectivity index (χ1) is 17.9. The van der Waals surface area contributed by atoms with E-state index < -0.39 is 0 Å². The maximum atomic E-state index is 5.78. The number of ether oxygens (including phenoxy) is 10. The van der Waals surface area contributed by atoms with E-state index in [1.165, 1.54) is 6.26 Å². The maximum Gasteiger partial charge on any atom is 0.111 e. The molecule has 0 atom stereocenters. The molecule has 1 rings (SSSR count). The summed E-state index contributed by atoms with van der Waals surface area (Å²) in [6.45, 7) is 15.3. The van der Waals surface area contributed by atoms with Gasteiger partial charge >= 0.3 is 0 Å². The summed E-state index contributed by atoms with van der Waals surface area (Å²) in [7, 11) is 0. The van der Waals surface area contributed by atoms with Gasteiger partial charge in [0.05, 0.1) is 125 Å². The van der Waals surface area contributed by atoms with Crippen molar-refractivity contribution in [1.29, 1.82) is 0 Å². The fourth-order valence-electron chi connectivity index (χ4n) is 3.07. The molecule has 214 valence electrons. The first-order valence-electron chi connectivity index (χ1n) is 13.1. The summed E-state index contributed by atoms with van der Waals surface area (Å²) in [5.74, 6) is 0. The van der Waals surface area contributed by atoms with Crippen LogP contribution in [0.5, 0.6) is 0 Å². The van der Waals surface area contributed by atoms with E-state index in [4.69, 9.17) is 47.4 Å². The summed E-state index contributed by atoms with van der Waals surface area (Å²) in [4.78, 5) is 0. The number of piperidine rings is 1. The average Bonchev–Trinajstić information content (AvgIpc) is 2.91. The van der Waals surface area contributed by atoms with E-state index in [0.29, 0.717) is 125 Å². The molecule has 0 aromatic rings. The van der Waals surface area contributed by atoms with Gasteiger partial charge in [0.1, 0.15) is 6.61 Å². The molecule has 0 radical (unpaired) electrons. The summed E-state index contributed by atoms with van der Waals surface area (Å²) in [6.07, 6.45) is 3.94. The third-order valence-electron chi connectivity index (χ3n) is 4.93. The highest BCUT2D eigenvalue weighted by Crippen LogP contribution is 2.06. The maximum absolute atomic E-state index is 5.78. The van der Waals surface area contributed by atoms with Crippen molar-refractivity contribution in [3.8, 4) is 0 Å². The molecule has 11 heteroatoms. The zero-order chi connectivity index (χ0) is 25.6. The second kappa shape index (κ2) is 28.7. The molecular formula is C25H49NO10. The first-order valence-corrected chi connectivity index (χ1v) is 13.1. The van der Waals surface area contributed by atoms with Crippen LogP contribution >= 0.6 is 0 Å². The lowest BCUT2D eigenvalue weighted by Crippen LogP contribution is -2.33. The van der Waals surface area contributed by atoms with Gasteiger partial charge < -0.3 is 52.7 Å². The Kier molecular flexibility index (Phi) is 26.4. The molecule has 0 aromatic carbocycles. The van der Waals surface area contributed by atoms with Crippen LogP contribution in [0, 0.1) is 0 Å². The van der Waals surface area contributed by atoms with Crippen LogP contribution in [-0.4, -0.2) is 138 Å². The molecule has 11 nitrogen and oxygen atoms in total. The van der Waals surface area contributed by atoms with Gasteiger partial charge in [-0.1, -0.05) is 6.58 Å². The number of hydrogen-bond donors (Lipinski definition) is 1. The quantitative estimate of drug-likeness (QED) is 0.112. The SMILES string of the molecule is C=COCCOCCOCCOCCOCCOCCOCCOCCOCCOC1CCNCC1. The van der Waals surface area contributed by atoms with Crippen LogP contribution < -0.4 is 5.32 Å². The van der Waals surface area contributed by atoms with Crippen LogP contribution in [0.1, 0.15) is 12.8 Å². The van der Waals surface area contributed by atoms with E-state index >= 15 is 0 Å². The van der Waals surface area contributed by atoms with Crippen LogP contribution in [0.3, 0.4) is 0 Å². The fourth-order valence-corrected chi connectivity index (χ4v) is 3.07. The van der Waals surface area contributed by atoms with Crippen molar-refractivity contribution in [2.24, 2.45) is 0 Å². The number of nitrogens with one attached hydrogen (secondary N) is 1. The molecule has 1 fully saturated rings. The average molecular weight is 524 g/mol. The van der Waals surface area contributed by atoms with Crippen LogP contribution in [0.4, 0.5) is 0 Å². The molecule has 0 saturated carbocycles. The van der Waals surface area contributed by atoms with E-state index in [2.05, 4.69) is 11.9 Å². The normalized spacial score (nSPS) is 14.3. The molecule has 0 spiro atoms. The van der Waals surface area contributed by atoms with Crippen LogP contribution in [0.2, 0.25) is 0 Å². The second-order valence-electron chi connectivity index (χ2n) is 7.76. The van der Waals surface area contributed by atoms with Crippen molar-refractivity contribution in [2.75, 3.05) is 132 Å². The summed E-state index contributed by atoms with van der Waals surface area (Å²) in [5, 5.41) is 3.32. The second-order valence-corrected chi connectivity index (χ2v) is 7.76. The van der Waals surface area contributed by atoms with Gasteiger partial charge in [0.2, 0.25) is 0 Å². The summed E-state index contributed by atoms with van der Waals surface area (Å²) in [6, 6.07) is 0. The van der Waals surface area contributed by atoms with Crippen LogP contribution in [0.25, 0.3) is 0 Å². The summed E-state index contributed by atoms with van der Waals surface area (Å²) in [5.41, 5.74) is 0. The predicted octanol–water partition coefficient (Wildman–Crippen LogP) is 1.05. The van der Waals surface area contributed by atoms with Crippen molar-refractivity contribution >= 4 is 0 Å². The lowest BCUT2D eigenvalue weighted by atomic mass is 10.1. The van der Waals surface area contributed by atoms with Gasteiger partial charge in [-0.05, 0) is 25.9 Å². The van der Waals surface area contributed by atoms with E-state index in [1.54, 1.807) is 0 Å². The van der Waals surface area contributed by atoms with Crippen LogP contribution in [-0.2, 0) is 47.4 Å². The Morgan fingerprint density at radius 1 is 0.472 bits per heavy atom. The van der Waals surface area contributed by atoms with Gasteiger partial charge in [0.25, 0.3) is 0 Å². The zero-order valence-electron chi connectivity index (χ0n) is 22.0. The highest BCUT2D eigenvalue weighted by atomic mass is 16.6. The van der Waals surface area contributed by atoms with Crippen molar-refractivity contribution in [2.45, 2.75) is 18.9 Å². The Labute approximate surface area is 216 Å². The van der Waals surface area contributed by atoms with E-state index in [1.807, 2.05) is 0 Å². The molecule has 1 saturated heterocycles. The van der Waals surface area contributed by atoms with Crippen LogP contribution in [0.15, 0.2) is 12.8 Å². The Morgan fingerprint density at radius 2 is 0.778 bits per heavy atom.